The Bertz CT molecular complexity index is 249. The number of rotatable bonds is 12. The molecule has 0 aromatic heterocycles. The number of nitrogens with one attached hydrogen (secondary N) is 1. The van der Waals surface area contributed by atoms with Crippen molar-refractivity contribution in [1.82, 2.24) is 5.32 Å². The molecule has 3 heteroatoms. The van der Waals surface area contributed by atoms with Crippen LogP contribution in [-0.4, -0.2) is 19.0 Å². The zero-order valence-corrected chi connectivity index (χ0v) is 12.8. The molecule has 0 saturated carbocycles. The van der Waals surface area contributed by atoms with Gasteiger partial charge >= 0.3 is 0 Å². The Labute approximate surface area is 119 Å². The van der Waals surface area contributed by atoms with Crippen LogP contribution >= 0.6 is 0 Å². The minimum absolute atomic E-state index is 0.189. The standard InChI is InChI=1S/C16H32N2O/c1-14(2)15(3)10-6-7-11-16(19)18-13-9-5-4-8-12-17/h14H,3-13,17H2,1-2H3,(H,18,19). The molecule has 0 rings (SSSR count). The fourth-order valence-electron chi connectivity index (χ4n) is 1.87. The number of carbonyl (C=O) groups is 1. The van der Waals surface area contributed by atoms with Crippen molar-refractivity contribution in [1.29, 1.82) is 0 Å². The first-order chi connectivity index (χ1) is 9.07. The van der Waals surface area contributed by atoms with Gasteiger partial charge < -0.3 is 11.1 Å². The Morgan fingerprint density at radius 3 is 2.32 bits per heavy atom. The van der Waals surface area contributed by atoms with Crippen LogP contribution in [-0.2, 0) is 4.79 Å². The quantitative estimate of drug-likeness (QED) is 0.421. The van der Waals surface area contributed by atoms with Gasteiger partial charge in [-0.2, -0.15) is 0 Å². The maximum atomic E-state index is 11.6. The molecule has 0 bridgehead atoms. The second-order valence-electron chi connectivity index (χ2n) is 5.57. The van der Waals surface area contributed by atoms with Gasteiger partial charge in [-0.25, -0.2) is 0 Å². The Balaban J connectivity index is 3.33. The maximum Gasteiger partial charge on any atom is 0.219 e. The minimum atomic E-state index is 0.189. The van der Waals surface area contributed by atoms with E-state index in [1.54, 1.807) is 0 Å². The molecule has 0 atom stereocenters. The van der Waals surface area contributed by atoms with Crippen LogP contribution in [0.4, 0.5) is 0 Å². The molecule has 0 aliphatic rings. The monoisotopic (exact) mass is 268 g/mol. The van der Waals surface area contributed by atoms with Crippen molar-refractivity contribution >= 4 is 5.91 Å². The molecule has 0 aliphatic carbocycles. The highest BCUT2D eigenvalue weighted by atomic mass is 16.1. The van der Waals surface area contributed by atoms with Crippen molar-refractivity contribution in [2.24, 2.45) is 11.7 Å². The van der Waals surface area contributed by atoms with E-state index in [1.165, 1.54) is 12.0 Å². The van der Waals surface area contributed by atoms with Crippen LogP contribution in [0.3, 0.4) is 0 Å². The van der Waals surface area contributed by atoms with E-state index in [0.717, 1.165) is 51.6 Å². The maximum absolute atomic E-state index is 11.6. The summed E-state index contributed by atoms with van der Waals surface area (Å²) in [5.74, 6) is 0.747. The summed E-state index contributed by atoms with van der Waals surface area (Å²) in [5, 5.41) is 2.98. The number of nitrogens with two attached hydrogens (primary N) is 1. The van der Waals surface area contributed by atoms with E-state index < -0.39 is 0 Å². The van der Waals surface area contributed by atoms with Crippen molar-refractivity contribution in [2.75, 3.05) is 13.1 Å². The largest absolute Gasteiger partial charge is 0.356 e. The number of hydrogen-bond acceptors (Lipinski definition) is 2. The van der Waals surface area contributed by atoms with Crippen molar-refractivity contribution in [3.05, 3.63) is 12.2 Å². The molecule has 3 nitrogen and oxygen atoms in total. The molecule has 0 radical (unpaired) electrons. The molecular formula is C16H32N2O. The summed E-state index contributed by atoms with van der Waals surface area (Å²) in [7, 11) is 0. The van der Waals surface area contributed by atoms with Crippen molar-refractivity contribution in [2.45, 2.75) is 65.2 Å². The van der Waals surface area contributed by atoms with Gasteiger partial charge in [0.15, 0.2) is 0 Å². The molecule has 0 aliphatic heterocycles. The van der Waals surface area contributed by atoms with Crippen LogP contribution in [0.1, 0.15) is 65.2 Å². The number of unbranched alkanes of at least 4 members (excludes halogenated alkanes) is 4. The fraction of sp³-hybridized carbons (Fsp3) is 0.812. The van der Waals surface area contributed by atoms with Crippen LogP contribution in [0.25, 0.3) is 0 Å². The molecule has 3 N–H and O–H groups in total. The second-order valence-corrected chi connectivity index (χ2v) is 5.57. The SMILES string of the molecule is C=C(CCCCC(=O)NCCCCCCN)C(C)C. The van der Waals surface area contributed by atoms with Gasteiger partial charge in [-0.1, -0.05) is 38.8 Å². The summed E-state index contributed by atoms with van der Waals surface area (Å²) in [5.41, 5.74) is 6.72. The molecular weight excluding hydrogens is 236 g/mol. The van der Waals surface area contributed by atoms with E-state index in [4.69, 9.17) is 5.73 Å². The van der Waals surface area contributed by atoms with Crippen LogP contribution in [0.15, 0.2) is 12.2 Å². The number of carbonyl (C=O) groups excluding carboxylic acids is 1. The molecule has 0 fully saturated rings. The topological polar surface area (TPSA) is 55.1 Å². The Morgan fingerprint density at radius 1 is 1.05 bits per heavy atom. The normalized spacial score (nSPS) is 10.7. The molecule has 0 heterocycles. The molecule has 0 aromatic carbocycles. The highest BCUT2D eigenvalue weighted by molar-refractivity contribution is 5.75. The lowest BCUT2D eigenvalue weighted by molar-refractivity contribution is -0.121. The van der Waals surface area contributed by atoms with Crippen LogP contribution in [0.2, 0.25) is 0 Å². The zero-order chi connectivity index (χ0) is 14.5. The van der Waals surface area contributed by atoms with Crippen LogP contribution in [0.5, 0.6) is 0 Å². The molecule has 0 saturated heterocycles. The first-order valence-corrected chi connectivity index (χ1v) is 7.72. The lowest BCUT2D eigenvalue weighted by atomic mass is 9.99. The Morgan fingerprint density at radius 2 is 1.68 bits per heavy atom. The van der Waals surface area contributed by atoms with Crippen molar-refractivity contribution in [3.8, 4) is 0 Å². The van der Waals surface area contributed by atoms with E-state index in [1.807, 2.05) is 0 Å². The van der Waals surface area contributed by atoms with Crippen LogP contribution < -0.4 is 11.1 Å². The smallest absolute Gasteiger partial charge is 0.219 e. The predicted octanol–water partition coefficient (Wildman–Crippen LogP) is 3.39. The van der Waals surface area contributed by atoms with Crippen molar-refractivity contribution in [3.63, 3.8) is 0 Å². The van der Waals surface area contributed by atoms with E-state index in [2.05, 4.69) is 25.7 Å². The highest BCUT2D eigenvalue weighted by Gasteiger charge is 2.03. The molecule has 1 amide bonds. The second kappa shape index (κ2) is 12.2. The third-order valence-corrected chi connectivity index (χ3v) is 3.42. The first kappa shape index (κ1) is 18.2. The molecule has 19 heavy (non-hydrogen) atoms. The van der Waals surface area contributed by atoms with Gasteiger partial charge in [0.1, 0.15) is 0 Å². The molecule has 112 valence electrons. The van der Waals surface area contributed by atoms with Crippen molar-refractivity contribution < 1.29 is 4.79 Å². The molecule has 0 spiro atoms. The van der Waals surface area contributed by atoms with Gasteiger partial charge in [-0.15, -0.1) is 0 Å². The van der Waals surface area contributed by atoms with Gasteiger partial charge in [-0.05, 0) is 44.6 Å². The van der Waals surface area contributed by atoms with Gasteiger partial charge in [0.05, 0.1) is 0 Å². The summed E-state index contributed by atoms with van der Waals surface area (Å²) in [6, 6.07) is 0. The number of hydrogen-bond donors (Lipinski definition) is 2. The van der Waals surface area contributed by atoms with Gasteiger partial charge in [-0.3, -0.25) is 4.79 Å². The summed E-state index contributed by atoms with van der Waals surface area (Å²) in [6.45, 7) is 9.96. The van der Waals surface area contributed by atoms with Gasteiger partial charge in [0.2, 0.25) is 5.91 Å². The predicted molar refractivity (Wildman–Crippen MR) is 83.0 cm³/mol. The van der Waals surface area contributed by atoms with Crippen LogP contribution in [0, 0.1) is 5.92 Å². The van der Waals surface area contributed by atoms with E-state index in [9.17, 15) is 4.79 Å². The lowest BCUT2D eigenvalue weighted by Crippen LogP contribution is -2.24. The van der Waals surface area contributed by atoms with Gasteiger partial charge in [0, 0.05) is 13.0 Å². The average molecular weight is 268 g/mol. The molecule has 0 unspecified atom stereocenters. The highest BCUT2D eigenvalue weighted by Crippen LogP contribution is 2.15. The zero-order valence-electron chi connectivity index (χ0n) is 12.8. The number of allylic oxidation sites excluding steroid dienone is 1. The molecule has 0 aromatic rings. The summed E-state index contributed by atoms with van der Waals surface area (Å²) >= 11 is 0. The summed E-state index contributed by atoms with van der Waals surface area (Å²) in [6.07, 6.45) is 8.21. The summed E-state index contributed by atoms with van der Waals surface area (Å²) in [4.78, 5) is 11.6. The fourth-order valence-corrected chi connectivity index (χ4v) is 1.87. The first-order valence-electron chi connectivity index (χ1n) is 7.72. The lowest BCUT2D eigenvalue weighted by Gasteiger charge is -2.09. The Hall–Kier alpha value is -0.830. The number of amides is 1. The van der Waals surface area contributed by atoms with E-state index in [0.29, 0.717) is 12.3 Å². The van der Waals surface area contributed by atoms with E-state index >= 15 is 0 Å². The Kier molecular flexibility index (Phi) is 11.7. The van der Waals surface area contributed by atoms with E-state index in [-0.39, 0.29) is 5.91 Å². The van der Waals surface area contributed by atoms with Gasteiger partial charge in [0.25, 0.3) is 0 Å². The average Bonchev–Trinajstić information content (AvgIpc) is 2.38. The summed E-state index contributed by atoms with van der Waals surface area (Å²) < 4.78 is 0. The minimum Gasteiger partial charge on any atom is -0.356 e. The third kappa shape index (κ3) is 12.0. The third-order valence-electron chi connectivity index (χ3n) is 3.42.